The lowest BCUT2D eigenvalue weighted by Crippen LogP contribution is -2.26. The fraction of sp³-hybridized carbons (Fsp3) is 0.286. The smallest absolute Gasteiger partial charge is 0.256 e. The quantitative estimate of drug-likeness (QED) is 0.937. The molecule has 5 heteroatoms. The molecule has 1 atom stereocenters. The van der Waals surface area contributed by atoms with Gasteiger partial charge >= 0.3 is 0 Å². The zero-order chi connectivity index (χ0) is 14.0. The molecule has 0 radical (unpaired) electrons. The summed E-state index contributed by atoms with van der Waals surface area (Å²) in [5.41, 5.74) is 1.91. The van der Waals surface area contributed by atoms with Gasteiger partial charge in [0, 0.05) is 16.3 Å². The summed E-state index contributed by atoms with van der Waals surface area (Å²) in [6, 6.07) is 6.90. The molecule has 1 unspecified atom stereocenters. The number of benzene rings is 1. The number of nitrogens with zero attached hydrogens (tertiary/aromatic N) is 2. The molecule has 0 bridgehead atoms. The first kappa shape index (κ1) is 13.8. The summed E-state index contributed by atoms with van der Waals surface area (Å²) in [7, 11) is 0. The van der Waals surface area contributed by atoms with E-state index in [9.17, 15) is 9.90 Å². The minimum absolute atomic E-state index is 0.125. The van der Waals surface area contributed by atoms with Gasteiger partial charge in [-0.1, -0.05) is 23.7 Å². The highest BCUT2D eigenvalue weighted by molar-refractivity contribution is 6.30. The van der Waals surface area contributed by atoms with E-state index >= 15 is 0 Å². The van der Waals surface area contributed by atoms with Crippen LogP contribution in [0.3, 0.4) is 0 Å². The Morgan fingerprint density at radius 1 is 1.32 bits per heavy atom. The largest absolute Gasteiger partial charge is 0.387 e. The van der Waals surface area contributed by atoms with Crippen LogP contribution in [0.4, 0.5) is 0 Å². The van der Waals surface area contributed by atoms with Gasteiger partial charge in [-0.15, -0.1) is 0 Å². The van der Waals surface area contributed by atoms with E-state index in [-0.39, 0.29) is 12.1 Å². The molecule has 0 amide bonds. The molecule has 0 saturated heterocycles. The van der Waals surface area contributed by atoms with Crippen molar-refractivity contribution >= 4 is 11.6 Å². The van der Waals surface area contributed by atoms with Crippen LogP contribution in [0.5, 0.6) is 0 Å². The molecule has 0 fully saturated rings. The van der Waals surface area contributed by atoms with E-state index in [0.29, 0.717) is 16.3 Å². The monoisotopic (exact) mass is 278 g/mol. The summed E-state index contributed by atoms with van der Waals surface area (Å²) >= 11 is 5.79. The standard InChI is InChI=1S/C14H15ClN2O2/c1-9-10(2)16-8-17(14(9)19)7-13(18)11-3-5-12(15)6-4-11/h3-6,8,13,18H,7H2,1-2H3. The number of aryl methyl sites for hydroxylation is 1. The zero-order valence-electron chi connectivity index (χ0n) is 10.8. The van der Waals surface area contributed by atoms with Crippen LogP contribution < -0.4 is 5.56 Å². The van der Waals surface area contributed by atoms with Gasteiger partial charge in [0.2, 0.25) is 0 Å². The maximum Gasteiger partial charge on any atom is 0.256 e. The molecular formula is C14H15ClN2O2. The molecule has 0 aliphatic heterocycles. The third-order valence-corrected chi connectivity index (χ3v) is 3.39. The molecule has 1 heterocycles. The van der Waals surface area contributed by atoms with Gasteiger partial charge in [-0.25, -0.2) is 4.98 Å². The minimum atomic E-state index is -0.765. The Labute approximate surface area is 116 Å². The van der Waals surface area contributed by atoms with Crippen LogP contribution in [0.25, 0.3) is 0 Å². The van der Waals surface area contributed by atoms with Gasteiger partial charge in [0.05, 0.1) is 19.0 Å². The lowest BCUT2D eigenvalue weighted by atomic mass is 10.1. The average molecular weight is 279 g/mol. The molecule has 0 spiro atoms. The lowest BCUT2D eigenvalue weighted by Gasteiger charge is -2.13. The predicted molar refractivity (Wildman–Crippen MR) is 74.4 cm³/mol. The van der Waals surface area contributed by atoms with Crippen molar-refractivity contribution in [2.45, 2.75) is 26.5 Å². The predicted octanol–water partition coefficient (Wildman–Crippen LogP) is 2.25. The fourth-order valence-corrected chi connectivity index (χ4v) is 1.91. The van der Waals surface area contributed by atoms with Crippen molar-refractivity contribution in [3.63, 3.8) is 0 Å². The van der Waals surface area contributed by atoms with Crippen LogP contribution in [-0.2, 0) is 6.54 Å². The summed E-state index contributed by atoms with van der Waals surface area (Å²) in [5.74, 6) is 0. The van der Waals surface area contributed by atoms with Gasteiger partial charge in [-0.05, 0) is 31.5 Å². The first-order chi connectivity index (χ1) is 8.99. The molecule has 4 nitrogen and oxygen atoms in total. The second-order valence-electron chi connectivity index (χ2n) is 4.48. The van der Waals surface area contributed by atoms with Crippen molar-refractivity contribution in [1.29, 1.82) is 0 Å². The van der Waals surface area contributed by atoms with Gasteiger partial charge in [-0.2, -0.15) is 0 Å². The molecule has 19 heavy (non-hydrogen) atoms. The Balaban J connectivity index is 2.24. The Hall–Kier alpha value is -1.65. The second-order valence-corrected chi connectivity index (χ2v) is 4.92. The average Bonchev–Trinajstić information content (AvgIpc) is 2.40. The van der Waals surface area contributed by atoms with E-state index in [4.69, 9.17) is 11.6 Å². The molecule has 0 saturated carbocycles. The summed E-state index contributed by atoms with van der Waals surface area (Å²) in [6.45, 7) is 3.70. The second kappa shape index (κ2) is 5.55. The van der Waals surface area contributed by atoms with Crippen LogP contribution in [0.15, 0.2) is 35.4 Å². The van der Waals surface area contributed by atoms with E-state index in [0.717, 1.165) is 5.56 Å². The normalized spacial score (nSPS) is 12.4. The van der Waals surface area contributed by atoms with Gasteiger partial charge in [0.25, 0.3) is 5.56 Å². The topological polar surface area (TPSA) is 55.1 Å². The van der Waals surface area contributed by atoms with E-state index in [1.165, 1.54) is 10.9 Å². The van der Waals surface area contributed by atoms with Crippen molar-refractivity contribution in [3.8, 4) is 0 Å². The van der Waals surface area contributed by atoms with E-state index in [1.54, 1.807) is 38.1 Å². The number of aromatic nitrogens is 2. The van der Waals surface area contributed by atoms with E-state index < -0.39 is 6.10 Å². The van der Waals surface area contributed by atoms with Crippen LogP contribution >= 0.6 is 11.6 Å². The molecule has 1 N–H and O–H groups in total. The Bertz CT molecular complexity index is 635. The van der Waals surface area contributed by atoms with Crippen molar-refractivity contribution in [3.05, 3.63) is 62.8 Å². The molecule has 1 aromatic carbocycles. The zero-order valence-corrected chi connectivity index (χ0v) is 11.6. The summed E-state index contributed by atoms with van der Waals surface area (Å²) in [5, 5.41) is 10.7. The van der Waals surface area contributed by atoms with Crippen LogP contribution in [0.1, 0.15) is 22.9 Å². The highest BCUT2D eigenvalue weighted by atomic mass is 35.5. The van der Waals surface area contributed by atoms with Gasteiger partial charge < -0.3 is 5.11 Å². The summed E-state index contributed by atoms with van der Waals surface area (Å²) < 4.78 is 1.42. The van der Waals surface area contributed by atoms with Crippen LogP contribution in [0, 0.1) is 13.8 Å². The first-order valence-electron chi connectivity index (χ1n) is 5.95. The Kier molecular flexibility index (Phi) is 4.02. The highest BCUT2D eigenvalue weighted by Crippen LogP contribution is 2.17. The Morgan fingerprint density at radius 2 is 1.95 bits per heavy atom. The molecule has 2 aromatic rings. The van der Waals surface area contributed by atoms with Crippen molar-refractivity contribution in [2.75, 3.05) is 0 Å². The van der Waals surface area contributed by atoms with Gasteiger partial charge in [0.15, 0.2) is 0 Å². The number of aliphatic hydroxyl groups excluding tert-OH is 1. The number of hydrogen-bond acceptors (Lipinski definition) is 3. The lowest BCUT2D eigenvalue weighted by molar-refractivity contribution is 0.154. The third-order valence-electron chi connectivity index (χ3n) is 3.14. The number of rotatable bonds is 3. The minimum Gasteiger partial charge on any atom is -0.387 e. The maximum absolute atomic E-state index is 12.0. The summed E-state index contributed by atoms with van der Waals surface area (Å²) in [4.78, 5) is 16.1. The number of aliphatic hydroxyl groups is 1. The molecule has 0 aliphatic carbocycles. The van der Waals surface area contributed by atoms with Crippen LogP contribution in [-0.4, -0.2) is 14.7 Å². The summed E-state index contributed by atoms with van der Waals surface area (Å²) in [6.07, 6.45) is 0.697. The maximum atomic E-state index is 12.0. The highest BCUT2D eigenvalue weighted by Gasteiger charge is 2.11. The van der Waals surface area contributed by atoms with Crippen LogP contribution in [0.2, 0.25) is 5.02 Å². The molecular weight excluding hydrogens is 264 g/mol. The number of hydrogen-bond donors (Lipinski definition) is 1. The Morgan fingerprint density at radius 3 is 2.58 bits per heavy atom. The van der Waals surface area contributed by atoms with E-state index in [2.05, 4.69) is 4.98 Å². The van der Waals surface area contributed by atoms with E-state index in [1.807, 2.05) is 0 Å². The third kappa shape index (κ3) is 3.03. The van der Waals surface area contributed by atoms with Crippen molar-refractivity contribution in [2.24, 2.45) is 0 Å². The van der Waals surface area contributed by atoms with Crippen molar-refractivity contribution < 1.29 is 5.11 Å². The van der Waals surface area contributed by atoms with Gasteiger partial charge in [0.1, 0.15) is 0 Å². The van der Waals surface area contributed by atoms with Gasteiger partial charge in [-0.3, -0.25) is 9.36 Å². The molecule has 2 rings (SSSR count). The molecule has 1 aromatic heterocycles. The SMILES string of the molecule is Cc1ncn(CC(O)c2ccc(Cl)cc2)c(=O)c1C. The first-order valence-corrected chi connectivity index (χ1v) is 6.33. The molecule has 0 aliphatic rings. The van der Waals surface area contributed by atoms with Crippen molar-refractivity contribution in [1.82, 2.24) is 9.55 Å². The fourth-order valence-electron chi connectivity index (χ4n) is 1.78. The number of halogens is 1. The molecule has 100 valence electrons.